The second-order valence-electron chi connectivity index (χ2n) is 16.5. The van der Waals surface area contributed by atoms with Crippen LogP contribution >= 0.6 is 0 Å². The highest BCUT2D eigenvalue weighted by molar-refractivity contribution is 6.38. The highest BCUT2D eigenvalue weighted by Gasteiger charge is 2.46. The SMILES string of the molecule is CCC[C@H](NC(=O)[C@@H]1C[C@@H](OC(=O)N2CCc3ccccc3C2)CN1C(=O)[C@H](NC(=O)[C@H](NC(=O)c1cnccn1)C(C)C)C(C)C)C(=O)C(=O)N[C@@H](Cc1ccccc1)C(=O)O. The van der Waals surface area contributed by atoms with Crippen LogP contribution in [0, 0.1) is 11.8 Å². The molecular formula is C45H56N8O10. The third-order valence-corrected chi connectivity index (χ3v) is 11.1. The van der Waals surface area contributed by atoms with Crippen molar-refractivity contribution in [3.05, 3.63) is 95.6 Å². The van der Waals surface area contributed by atoms with Gasteiger partial charge in [-0.25, -0.2) is 14.6 Å². The number of benzene rings is 2. The molecule has 2 aromatic carbocycles. The van der Waals surface area contributed by atoms with Crippen LogP contribution in [0.25, 0.3) is 0 Å². The molecule has 2 aliphatic rings. The molecule has 0 spiro atoms. The molecule has 6 atom stereocenters. The normalized spacial score (nSPS) is 17.7. The zero-order valence-electron chi connectivity index (χ0n) is 36.1. The Morgan fingerprint density at radius 2 is 1.51 bits per heavy atom. The zero-order valence-corrected chi connectivity index (χ0v) is 36.1. The Morgan fingerprint density at radius 1 is 0.825 bits per heavy atom. The first-order valence-corrected chi connectivity index (χ1v) is 21.2. The second-order valence-corrected chi connectivity index (χ2v) is 16.5. The number of hydrogen-bond acceptors (Lipinski definition) is 11. The maximum absolute atomic E-state index is 14.6. The van der Waals surface area contributed by atoms with Crippen LogP contribution in [0.5, 0.6) is 0 Å². The van der Waals surface area contributed by atoms with Crippen molar-refractivity contribution in [3.63, 3.8) is 0 Å². The molecule has 5 rings (SSSR count). The Bertz CT molecular complexity index is 2140. The Labute approximate surface area is 365 Å². The van der Waals surface area contributed by atoms with E-state index >= 15 is 0 Å². The summed E-state index contributed by atoms with van der Waals surface area (Å²) in [5, 5.41) is 20.2. The monoisotopic (exact) mass is 868 g/mol. The third-order valence-electron chi connectivity index (χ3n) is 11.1. The van der Waals surface area contributed by atoms with E-state index in [9.17, 15) is 43.5 Å². The molecule has 6 amide bonds. The smallest absolute Gasteiger partial charge is 0.410 e. The van der Waals surface area contributed by atoms with Crippen molar-refractivity contribution in [3.8, 4) is 0 Å². The average molecular weight is 869 g/mol. The first-order valence-electron chi connectivity index (χ1n) is 21.2. The molecule has 0 radical (unpaired) electrons. The van der Waals surface area contributed by atoms with Crippen molar-refractivity contribution in [2.24, 2.45) is 11.8 Å². The summed E-state index contributed by atoms with van der Waals surface area (Å²) in [7, 11) is 0. The van der Waals surface area contributed by atoms with Gasteiger partial charge in [0.05, 0.1) is 18.8 Å². The van der Waals surface area contributed by atoms with Crippen LogP contribution in [-0.2, 0) is 52.9 Å². The van der Waals surface area contributed by atoms with Gasteiger partial charge in [-0.15, -0.1) is 0 Å². The average Bonchev–Trinajstić information content (AvgIpc) is 3.70. The first-order chi connectivity index (χ1) is 30.1. The molecule has 3 aromatic rings. The van der Waals surface area contributed by atoms with Crippen molar-refractivity contribution in [1.82, 2.24) is 41.0 Å². The van der Waals surface area contributed by atoms with Gasteiger partial charge >= 0.3 is 12.1 Å². The van der Waals surface area contributed by atoms with Crippen LogP contribution in [0.3, 0.4) is 0 Å². The minimum absolute atomic E-state index is 0.00544. The summed E-state index contributed by atoms with van der Waals surface area (Å²) < 4.78 is 5.94. The lowest BCUT2D eigenvalue weighted by atomic mass is 9.98. The van der Waals surface area contributed by atoms with Crippen LogP contribution < -0.4 is 21.3 Å². The van der Waals surface area contributed by atoms with Crippen molar-refractivity contribution < 1.29 is 48.2 Å². The maximum atomic E-state index is 14.6. The van der Waals surface area contributed by atoms with Crippen molar-refractivity contribution in [2.45, 2.75) is 110 Å². The van der Waals surface area contributed by atoms with E-state index < -0.39 is 95.5 Å². The predicted molar refractivity (Wildman–Crippen MR) is 227 cm³/mol. The number of carboxylic acids is 1. The Balaban J connectivity index is 1.36. The lowest BCUT2D eigenvalue weighted by Crippen LogP contribution is -2.60. The maximum Gasteiger partial charge on any atom is 0.410 e. The Morgan fingerprint density at radius 3 is 2.14 bits per heavy atom. The van der Waals surface area contributed by atoms with Gasteiger partial charge in [-0.1, -0.05) is 95.6 Å². The number of carboxylic acid groups (broad SMARTS) is 1. The predicted octanol–water partition coefficient (Wildman–Crippen LogP) is 2.20. The van der Waals surface area contributed by atoms with Crippen LogP contribution in [0.2, 0.25) is 0 Å². The molecular weight excluding hydrogens is 813 g/mol. The fraction of sp³-hybridized carbons (Fsp3) is 0.467. The lowest BCUT2D eigenvalue weighted by Gasteiger charge is -2.32. The number of ether oxygens (including phenoxy) is 1. The number of rotatable bonds is 18. The summed E-state index contributed by atoms with van der Waals surface area (Å²) in [5.74, 6) is -7.45. The summed E-state index contributed by atoms with van der Waals surface area (Å²) >= 11 is 0. The molecule has 18 heteroatoms. The summed E-state index contributed by atoms with van der Waals surface area (Å²) in [4.78, 5) is 119. The number of nitrogens with zero attached hydrogens (tertiary/aromatic N) is 4. The number of likely N-dealkylation sites (tertiary alicyclic amines) is 1. The summed E-state index contributed by atoms with van der Waals surface area (Å²) in [6.45, 7) is 9.00. The zero-order chi connectivity index (χ0) is 45.8. The molecule has 0 bridgehead atoms. The molecule has 1 fully saturated rings. The van der Waals surface area contributed by atoms with Crippen LogP contribution in [-0.4, -0.2) is 122 Å². The van der Waals surface area contributed by atoms with Crippen molar-refractivity contribution in [2.75, 3.05) is 13.1 Å². The summed E-state index contributed by atoms with van der Waals surface area (Å²) in [6, 6.07) is 9.80. The molecule has 3 heterocycles. The van der Waals surface area contributed by atoms with Gasteiger partial charge in [0.15, 0.2) is 0 Å². The van der Waals surface area contributed by atoms with E-state index in [1.807, 2.05) is 24.3 Å². The number of fused-ring (bicyclic) bond motifs is 1. The van der Waals surface area contributed by atoms with E-state index in [1.54, 1.807) is 65.0 Å². The van der Waals surface area contributed by atoms with Crippen molar-refractivity contribution in [1.29, 1.82) is 0 Å². The molecule has 18 nitrogen and oxygen atoms in total. The van der Waals surface area contributed by atoms with Gasteiger partial charge in [0, 0.05) is 38.3 Å². The minimum Gasteiger partial charge on any atom is -0.480 e. The van der Waals surface area contributed by atoms with Gasteiger partial charge in [-0.2, -0.15) is 0 Å². The number of carbonyl (C=O) groups is 8. The molecule has 336 valence electrons. The number of carbonyl (C=O) groups excluding carboxylic acids is 7. The van der Waals surface area contributed by atoms with E-state index in [0.717, 1.165) is 11.1 Å². The number of amides is 6. The molecule has 1 saturated heterocycles. The quantitative estimate of drug-likeness (QED) is 0.116. The molecule has 0 saturated carbocycles. The highest BCUT2D eigenvalue weighted by Crippen LogP contribution is 2.26. The topological polar surface area (TPSA) is 246 Å². The van der Waals surface area contributed by atoms with E-state index in [-0.39, 0.29) is 31.5 Å². The number of Topliss-reactive ketones (excluding diaryl/α,β-unsaturated/α-hetero) is 1. The van der Waals surface area contributed by atoms with Crippen LogP contribution in [0.4, 0.5) is 4.79 Å². The van der Waals surface area contributed by atoms with Gasteiger partial charge < -0.3 is 40.9 Å². The largest absolute Gasteiger partial charge is 0.480 e. The van der Waals surface area contributed by atoms with Crippen LogP contribution in [0.1, 0.15) is 81.1 Å². The number of hydrogen-bond donors (Lipinski definition) is 5. The highest BCUT2D eigenvalue weighted by atomic mass is 16.6. The minimum atomic E-state index is -1.44. The van der Waals surface area contributed by atoms with Crippen LogP contribution in [0.15, 0.2) is 73.2 Å². The Kier molecular flexibility index (Phi) is 16.4. The van der Waals surface area contributed by atoms with E-state index in [0.29, 0.717) is 31.5 Å². The van der Waals surface area contributed by atoms with Gasteiger partial charge in [0.25, 0.3) is 11.8 Å². The van der Waals surface area contributed by atoms with E-state index in [2.05, 4.69) is 31.2 Å². The molecule has 5 N–H and O–H groups in total. The third kappa shape index (κ3) is 12.4. The standard InChI is InChI=1S/C45H56N8O10/c1-6-12-32(38(54)42(58)49-33(44(60)61)21-28-13-8-7-9-14-28)48-40(56)35-22-31(63-45(62)52-20-17-29-15-10-11-16-30(29)24-52)25-53(35)43(59)37(27(4)5)51-41(57)36(26(2)3)50-39(55)34-23-46-18-19-47-34/h7-11,13-16,18-19,23,26-27,31-33,35-37H,6,12,17,20-22,24-25H2,1-5H3,(H,48,56)(H,49,58)(H,50,55)(H,51,57)(H,60,61)/t31-,32+,33+,35+,36-,37-/m1/s1. The van der Waals surface area contributed by atoms with Gasteiger partial charge in [0.2, 0.25) is 23.5 Å². The molecule has 0 aliphatic carbocycles. The lowest BCUT2D eigenvalue weighted by molar-refractivity contribution is -0.146. The Hall–Kier alpha value is -6.72. The van der Waals surface area contributed by atoms with E-state index in [1.165, 1.54) is 28.4 Å². The number of ketones is 1. The molecule has 63 heavy (non-hydrogen) atoms. The first kappa shape index (κ1) is 47.3. The molecule has 0 unspecified atom stereocenters. The fourth-order valence-electron chi connectivity index (χ4n) is 7.61. The summed E-state index contributed by atoms with van der Waals surface area (Å²) in [5.41, 5.74) is 2.68. The number of aromatic nitrogens is 2. The van der Waals surface area contributed by atoms with E-state index in [4.69, 9.17) is 4.74 Å². The second kappa shape index (κ2) is 21.9. The van der Waals surface area contributed by atoms with Gasteiger partial charge in [-0.3, -0.25) is 33.8 Å². The van der Waals surface area contributed by atoms with Gasteiger partial charge in [-0.05, 0) is 41.4 Å². The number of nitrogens with one attached hydrogen (secondary N) is 4. The van der Waals surface area contributed by atoms with Gasteiger partial charge in [0.1, 0.15) is 36.0 Å². The fourth-order valence-corrected chi connectivity index (χ4v) is 7.61. The number of aliphatic carboxylic acids is 1. The molecule has 2 aliphatic heterocycles. The molecule has 1 aromatic heterocycles. The van der Waals surface area contributed by atoms with Crippen molar-refractivity contribution >= 4 is 47.4 Å². The summed E-state index contributed by atoms with van der Waals surface area (Å²) in [6.07, 6.45) is 3.05.